The van der Waals surface area contributed by atoms with Crippen LogP contribution in [-0.2, 0) is 11.2 Å². The zero-order valence-electron chi connectivity index (χ0n) is 9.64. The second-order valence-electron chi connectivity index (χ2n) is 3.83. The maximum Gasteiger partial charge on any atom is 0.318 e. The summed E-state index contributed by atoms with van der Waals surface area (Å²) in [6.07, 6.45) is 0.750. The number of piperazine rings is 1. The lowest BCUT2D eigenvalue weighted by atomic mass is 10.3. The molecule has 2 rings (SSSR count). The number of rotatable bonds is 2. The molecule has 1 saturated heterocycles. The highest BCUT2D eigenvalue weighted by Crippen LogP contribution is 2.14. The molecular weight excluding hydrogens is 208 g/mol. The van der Waals surface area contributed by atoms with Gasteiger partial charge in [0, 0.05) is 39.5 Å². The summed E-state index contributed by atoms with van der Waals surface area (Å²) in [5, 5.41) is 7.91. The van der Waals surface area contributed by atoms with Gasteiger partial charge in [0.05, 0.1) is 0 Å². The molecule has 0 saturated carbocycles. The van der Waals surface area contributed by atoms with E-state index in [1.807, 2.05) is 16.7 Å². The van der Waals surface area contributed by atoms with Gasteiger partial charge in [-0.05, 0) is 0 Å². The van der Waals surface area contributed by atoms with E-state index in [0.29, 0.717) is 11.9 Å². The quantitative estimate of drug-likeness (QED) is 0.723. The fourth-order valence-electron chi connectivity index (χ4n) is 1.73. The number of carbonyl (C=O) groups is 1. The third-order valence-corrected chi connectivity index (χ3v) is 2.75. The molecule has 2 heterocycles. The number of carbonyl (C=O) groups excluding carboxylic acids is 1. The Morgan fingerprint density at radius 3 is 2.50 bits per heavy atom. The highest BCUT2D eigenvalue weighted by molar-refractivity contribution is 5.73. The van der Waals surface area contributed by atoms with E-state index in [0.717, 1.165) is 32.6 Å². The molecule has 1 aromatic rings. The fourth-order valence-corrected chi connectivity index (χ4v) is 1.73. The van der Waals surface area contributed by atoms with Gasteiger partial charge in [0.15, 0.2) is 0 Å². The lowest BCUT2D eigenvalue weighted by molar-refractivity contribution is -0.129. The summed E-state index contributed by atoms with van der Waals surface area (Å²) >= 11 is 0. The minimum atomic E-state index is 0.124. The molecule has 1 aromatic heterocycles. The lowest BCUT2D eigenvalue weighted by Crippen LogP contribution is -2.48. The number of hydrogen-bond donors (Lipinski definition) is 0. The molecule has 0 N–H and O–H groups in total. The van der Waals surface area contributed by atoms with Crippen LogP contribution in [0.1, 0.15) is 19.7 Å². The van der Waals surface area contributed by atoms with Crippen LogP contribution in [0.2, 0.25) is 0 Å². The summed E-state index contributed by atoms with van der Waals surface area (Å²) in [5.41, 5.74) is 0. The third kappa shape index (κ3) is 2.15. The second kappa shape index (κ2) is 4.51. The van der Waals surface area contributed by atoms with Crippen molar-refractivity contribution >= 4 is 11.9 Å². The van der Waals surface area contributed by atoms with Crippen molar-refractivity contribution in [2.45, 2.75) is 20.3 Å². The Labute approximate surface area is 94.2 Å². The molecule has 0 radical (unpaired) electrons. The van der Waals surface area contributed by atoms with Gasteiger partial charge < -0.3 is 14.2 Å². The second-order valence-corrected chi connectivity index (χ2v) is 3.83. The van der Waals surface area contributed by atoms with Crippen molar-refractivity contribution in [3.8, 4) is 0 Å². The van der Waals surface area contributed by atoms with Crippen LogP contribution in [0.5, 0.6) is 0 Å². The van der Waals surface area contributed by atoms with E-state index < -0.39 is 0 Å². The van der Waals surface area contributed by atoms with Crippen molar-refractivity contribution in [1.29, 1.82) is 0 Å². The summed E-state index contributed by atoms with van der Waals surface area (Å²) < 4.78 is 5.47. The largest absolute Gasteiger partial charge is 0.408 e. The number of nitrogens with zero attached hydrogens (tertiary/aromatic N) is 4. The number of aryl methyl sites for hydroxylation is 1. The summed E-state index contributed by atoms with van der Waals surface area (Å²) in [6, 6.07) is 0.569. The first-order valence-electron chi connectivity index (χ1n) is 5.53. The predicted molar refractivity (Wildman–Crippen MR) is 58.1 cm³/mol. The van der Waals surface area contributed by atoms with Gasteiger partial charge in [-0.25, -0.2) is 0 Å². The summed E-state index contributed by atoms with van der Waals surface area (Å²) in [7, 11) is 0. The SMILES string of the molecule is CCc1nnc(N2CCN(C(C)=O)CC2)o1. The third-order valence-electron chi connectivity index (χ3n) is 2.75. The molecule has 1 aliphatic heterocycles. The van der Waals surface area contributed by atoms with Gasteiger partial charge in [-0.2, -0.15) is 0 Å². The van der Waals surface area contributed by atoms with Gasteiger partial charge in [-0.3, -0.25) is 4.79 Å². The number of amides is 1. The number of anilines is 1. The average Bonchev–Trinajstić information content (AvgIpc) is 2.77. The highest BCUT2D eigenvalue weighted by atomic mass is 16.4. The monoisotopic (exact) mass is 224 g/mol. The Morgan fingerprint density at radius 1 is 1.31 bits per heavy atom. The van der Waals surface area contributed by atoms with Crippen LogP contribution >= 0.6 is 0 Å². The van der Waals surface area contributed by atoms with Crippen LogP contribution in [0.15, 0.2) is 4.42 Å². The molecule has 0 atom stereocenters. The molecule has 6 nitrogen and oxygen atoms in total. The Bertz CT molecular complexity index is 369. The van der Waals surface area contributed by atoms with Gasteiger partial charge in [0.2, 0.25) is 11.8 Å². The van der Waals surface area contributed by atoms with E-state index in [4.69, 9.17) is 4.42 Å². The maximum atomic E-state index is 11.1. The van der Waals surface area contributed by atoms with E-state index >= 15 is 0 Å². The average molecular weight is 224 g/mol. The minimum Gasteiger partial charge on any atom is -0.408 e. The van der Waals surface area contributed by atoms with Crippen LogP contribution in [0.4, 0.5) is 6.01 Å². The van der Waals surface area contributed by atoms with Gasteiger partial charge in [-0.15, -0.1) is 5.10 Å². The van der Waals surface area contributed by atoms with Crippen molar-refractivity contribution in [2.24, 2.45) is 0 Å². The van der Waals surface area contributed by atoms with Crippen LogP contribution in [0.25, 0.3) is 0 Å². The van der Waals surface area contributed by atoms with Crippen molar-refractivity contribution in [2.75, 3.05) is 31.1 Å². The molecule has 0 bridgehead atoms. The van der Waals surface area contributed by atoms with Gasteiger partial charge in [-0.1, -0.05) is 12.0 Å². The molecule has 6 heteroatoms. The summed E-state index contributed by atoms with van der Waals surface area (Å²) in [6.45, 7) is 6.52. The Balaban J connectivity index is 1.96. The van der Waals surface area contributed by atoms with Gasteiger partial charge >= 0.3 is 6.01 Å². The number of hydrogen-bond acceptors (Lipinski definition) is 5. The molecule has 1 fully saturated rings. The van der Waals surface area contributed by atoms with Crippen LogP contribution < -0.4 is 4.90 Å². The molecule has 0 spiro atoms. The molecule has 0 aromatic carbocycles. The molecular formula is C10H16N4O2. The first-order chi connectivity index (χ1) is 7.70. The van der Waals surface area contributed by atoms with E-state index in [1.165, 1.54) is 0 Å². The topological polar surface area (TPSA) is 62.5 Å². The Kier molecular flexibility index (Phi) is 3.07. The van der Waals surface area contributed by atoms with Crippen LogP contribution in [0, 0.1) is 0 Å². The Hall–Kier alpha value is -1.59. The highest BCUT2D eigenvalue weighted by Gasteiger charge is 2.22. The molecule has 16 heavy (non-hydrogen) atoms. The van der Waals surface area contributed by atoms with Crippen molar-refractivity contribution < 1.29 is 9.21 Å². The van der Waals surface area contributed by atoms with Gasteiger partial charge in [0.25, 0.3) is 0 Å². The first-order valence-corrected chi connectivity index (χ1v) is 5.53. The first kappa shape index (κ1) is 10.9. The lowest BCUT2D eigenvalue weighted by Gasteiger charge is -2.32. The molecule has 0 unspecified atom stereocenters. The molecule has 1 aliphatic rings. The van der Waals surface area contributed by atoms with Crippen molar-refractivity contribution in [1.82, 2.24) is 15.1 Å². The summed E-state index contributed by atoms with van der Waals surface area (Å²) in [5.74, 6) is 0.781. The predicted octanol–water partition coefficient (Wildman–Crippen LogP) is 0.300. The van der Waals surface area contributed by atoms with Crippen LogP contribution in [0.3, 0.4) is 0 Å². The van der Waals surface area contributed by atoms with Crippen molar-refractivity contribution in [3.05, 3.63) is 5.89 Å². The van der Waals surface area contributed by atoms with Gasteiger partial charge in [0.1, 0.15) is 0 Å². The van der Waals surface area contributed by atoms with E-state index in [-0.39, 0.29) is 5.91 Å². The van der Waals surface area contributed by atoms with Crippen LogP contribution in [-0.4, -0.2) is 47.2 Å². The zero-order chi connectivity index (χ0) is 11.5. The number of aromatic nitrogens is 2. The van der Waals surface area contributed by atoms with E-state index in [2.05, 4.69) is 10.2 Å². The van der Waals surface area contributed by atoms with E-state index in [9.17, 15) is 4.79 Å². The molecule has 1 amide bonds. The zero-order valence-corrected chi connectivity index (χ0v) is 9.64. The standard InChI is InChI=1S/C10H16N4O2/c1-3-9-11-12-10(16-9)14-6-4-13(5-7-14)8(2)15/h3-7H2,1-2H3. The minimum absolute atomic E-state index is 0.124. The Morgan fingerprint density at radius 2 is 2.00 bits per heavy atom. The van der Waals surface area contributed by atoms with E-state index in [1.54, 1.807) is 6.92 Å². The maximum absolute atomic E-state index is 11.1. The van der Waals surface area contributed by atoms with Crippen molar-refractivity contribution in [3.63, 3.8) is 0 Å². The summed E-state index contributed by atoms with van der Waals surface area (Å²) in [4.78, 5) is 15.0. The molecule has 88 valence electrons. The molecule has 0 aliphatic carbocycles. The fraction of sp³-hybridized carbons (Fsp3) is 0.700. The smallest absolute Gasteiger partial charge is 0.318 e. The normalized spacial score (nSPS) is 16.6.